The van der Waals surface area contributed by atoms with Crippen LogP contribution in [0.5, 0.6) is 0 Å². The smallest absolute Gasteiger partial charge is 0.226 e. The number of carbonyl (C=O) groups excluding carboxylic acids is 1. The highest BCUT2D eigenvalue weighted by Gasteiger charge is 2.22. The van der Waals surface area contributed by atoms with Crippen LogP contribution in [-0.4, -0.2) is 37.0 Å². The molecule has 0 aromatic heterocycles. The lowest BCUT2D eigenvalue weighted by atomic mass is 9.96. The molecule has 0 radical (unpaired) electrons. The van der Waals surface area contributed by atoms with Crippen molar-refractivity contribution in [2.75, 3.05) is 26.2 Å². The Hall–Kier alpha value is -1.35. The minimum atomic E-state index is 0.279. The van der Waals surface area contributed by atoms with Crippen LogP contribution in [0.4, 0.5) is 0 Å². The summed E-state index contributed by atoms with van der Waals surface area (Å²) in [6, 6.07) is 8.17. The number of rotatable bonds is 5. The second kappa shape index (κ2) is 7.44. The summed E-state index contributed by atoms with van der Waals surface area (Å²) in [7, 11) is 0. The summed E-state index contributed by atoms with van der Waals surface area (Å²) in [4.78, 5) is 14.4. The summed E-state index contributed by atoms with van der Waals surface area (Å²) >= 11 is 0. The molecule has 1 amide bonds. The number of carbonyl (C=O) groups is 1. The van der Waals surface area contributed by atoms with Gasteiger partial charge in [0.25, 0.3) is 0 Å². The van der Waals surface area contributed by atoms with Crippen molar-refractivity contribution in [1.82, 2.24) is 10.2 Å². The van der Waals surface area contributed by atoms with Gasteiger partial charge in [0, 0.05) is 13.1 Å². The number of likely N-dealkylation sites (tertiary alicyclic amines) is 1. The molecule has 2 rings (SSSR count). The van der Waals surface area contributed by atoms with Crippen LogP contribution in [0, 0.1) is 12.8 Å². The lowest BCUT2D eigenvalue weighted by molar-refractivity contribution is -0.131. The highest BCUT2D eigenvalue weighted by molar-refractivity contribution is 5.79. The van der Waals surface area contributed by atoms with Gasteiger partial charge in [-0.25, -0.2) is 0 Å². The van der Waals surface area contributed by atoms with Crippen LogP contribution in [0.15, 0.2) is 24.3 Å². The van der Waals surface area contributed by atoms with Crippen LogP contribution in [0.2, 0.25) is 0 Å². The van der Waals surface area contributed by atoms with Gasteiger partial charge in [-0.15, -0.1) is 0 Å². The van der Waals surface area contributed by atoms with E-state index in [0.717, 1.165) is 50.5 Å². The predicted molar refractivity (Wildman–Crippen MR) is 82.7 cm³/mol. The van der Waals surface area contributed by atoms with Crippen LogP contribution < -0.4 is 5.32 Å². The van der Waals surface area contributed by atoms with Gasteiger partial charge in [-0.05, 0) is 49.9 Å². The van der Waals surface area contributed by atoms with Crippen molar-refractivity contribution in [1.29, 1.82) is 0 Å². The van der Waals surface area contributed by atoms with Gasteiger partial charge in [0.1, 0.15) is 0 Å². The van der Waals surface area contributed by atoms with E-state index in [2.05, 4.69) is 31.3 Å². The summed E-state index contributed by atoms with van der Waals surface area (Å²) in [6.45, 7) is 8.18. The molecule has 1 saturated heterocycles. The van der Waals surface area contributed by atoms with Crippen molar-refractivity contribution in [2.45, 2.75) is 33.1 Å². The largest absolute Gasteiger partial charge is 0.342 e. The van der Waals surface area contributed by atoms with Gasteiger partial charge >= 0.3 is 0 Å². The van der Waals surface area contributed by atoms with E-state index < -0.39 is 0 Å². The normalized spacial score (nSPS) is 16.4. The molecule has 0 saturated carbocycles. The van der Waals surface area contributed by atoms with Gasteiger partial charge in [-0.3, -0.25) is 4.79 Å². The molecule has 3 nitrogen and oxygen atoms in total. The highest BCUT2D eigenvalue weighted by atomic mass is 16.2. The molecule has 0 spiro atoms. The molecule has 1 N–H and O–H groups in total. The Balaban J connectivity index is 1.82. The fraction of sp³-hybridized carbons (Fsp3) is 0.588. The molecule has 0 unspecified atom stereocenters. The molecule has 0 bridgehead atoms. The molecule has 1 fully saturated rings. The zero-order valence-corrected chi connectivity index (χ0v) is 12.7. The van der Waals surface area contributed by atoms with Crippen LogP contribution in [0.25, 0.3) is 0 Å². The topological polar surface area (TPSA) is 32.3 Å². The van der Waals surface area contributed by atoms with E-state index in [1.165, 1.54) is 5.56 Å². The average Bonchev–Trinajstić information content (AvgIpc) is 2.48. The molecular formula is C17H26N2O. The molecule has 0 aliphatic carbocycles. The SMILES string of the molecule is CCNCC1CCN(C(=O)Cc2ccccc2C)CC1. The summed E-state index contributed by atoms with van der Waals surface area (Å²) in [5.41, 5.74) is 2.37. The van der Waals surface area contributed by atoms with Crippen LogP contribution in [-0.2, 0) is 11.2 Å². The molecule has 1 aromatic carbocycles. The quantitative estimate of drug-likeness (QED) is 0.894. The zero-order valence-electron chi connectivity index (χ0n) is 12.7. The third kappa shape index (κ3) is 4.07. The Morgan fingerprint density at radius 1 is 1.30 bits per heavy atom. The first kappa shape index (κ1) is 15.0. The number of nitrogens with one attached hydrogen (secondary N) is 1. The van der Waals surface area contributed by atoms with E-state index in [1.807, 2.05) is 17.0 Å². The molecule has 20 heavy (non-hydrogen) atoms. The molecule has 1 aromatic rings. The number of nitrogens with zero attached hydrogens (tertiary/aromatic N) is 1. The molecule has 1 heterocycles. The Morgan fingerprint density at radius 2 is 2.00 bits per heavy atom. The van der Waals surface area contributed by atoms with Crippen molar-refractivity contribution in [2.24, 2.45) is 5.92 Å². The van der Waals surface area contributed by atoms with Crippen LogP contribution >= 0.6 is 0 Å². The van der Waals surface area contributed by atoms with Crippen molar-refractivity contribution >= 4 is 5.91 Å². The number of aryl methyl sites for hydroxylation is 1. The van der Waals surface area contributed by atoms with Crippen LogP contribution in [0.1, 0.15) is 30.9 Å². The first-order valence-corrected chi connectivity index (χ1v) is 7.73. The third-order valence-corrected chi connectivity index (χ3v) is 4.25. The van der Waals surface area contributed by atoms with Gasteiger partial charge in [-0.2, -0.15) is 0 Å². The van der Waals surface area contributed by atoms with E-state index in [-0.39, 0.29) is 5.91 Å². The second-order valence-corrected chi connectivity index (χ2v) is 5.74. The van der Waals surface area contributed by atoms with E-state index in [0.29, 0.717) is 6.42 Å². The van der Waals surface area contributed by atoms with Crippen molar-refractivity contribution in [3.8, 4) is 0 Å². The van der Waals surface area contributed by atoms with Crippen molar-refractivity contribution in [3.63, 3.8) is 0 Å². The predicted octanol–water partition coefficient (Wildman–Crippen LogP) is 2.39. The molecule has 1 aliphatic heterocycles. The molecular weight excluding hydrogens is 248 g/mol. The Morgan fingerprint density at radius 3 is 2.65 bits per heavy atom. The lowest BCUT2D eigenvalue weighted by Crippen LogP contribution is -2.41. The Kier molecular flexibility index (Phi) is 5.60. The third-order valence-electron chi connectivity index (χ3n) is 4.25. The monoisotopic (exact) mass is 274 g/mol. The fourth-order valence-electron chi connectivity index (χ4n) is 2.82. The van der Waals surface area contributed by atoms with Gasteiger partial charge in [0.15, 0.2) is 0 Å². The number of amides is 1. The number of piperidine rings is 1. The first-order valence-electron chi connectivity index (χ1n) is 7.73. The fourth-order valence-corrected chi connectivity index (χ4v) is 2.82. The maximum atomic E-state index is 12.4. The maximum absolute atomic E-state index is 12.4. The Labute approximate surface area is 122 Å². The first-order chi connectivity index (χ1) is 9.70. The van der Waals surface area contributed by atoms with E-state index >= 15 is 0 Å². The molecule has 0 atom stereocenters. The van der Waals surface area contributed by atoms with Crippen molar-refractivity contribution < 1.29 is 4.79 Å². The highest BCUT2D eigenvalue weighted by Crippen LogP contribution is 2.18. The summed E-state index contributed by atoms with van der Waals surface area (Å²) in [6.07, 6.45) is 2.81. The van der Waals surface area contributed by atoms with Gasteiger partial charge < -0.3 is 10.2 Å². The summed E-state index contributed by atoms with van der Waals surface area (Å²) in [5.74, 6) is 1.01. The molecule has 1 aliphatic rings. The average molecular weight is 274 g/mol. The number of hydrogen-bond donors (Lipinski definition) is 1. The van der Waals surface area contributed by atoms with Gasteiger partial charge in [0.05, 0.1) is 6.42 Å². The number of hydrogen-bond acceptors (Lipinski definition) is 2. The second-order valence-electron chi connectivity index (χ2n) is 5.74. The molecule has 3 heteroatoms. The van der Waals surface area contributed by atoms with Gasteiger partial charge in [-0.1, -0.05) is 31.2 Å². The summed E-state index contributed by atoms with van der Waals surface area (Å²) in [5, 5.41) is 3.41. The van der Waals surface area contributed by atoms with Gasteiger partial charge in [0.2, 0.25) is 5.91 Å². The zero-order chi connectivity index (χ0) is 14.4. The van der Waals surface area contributed by atoms with E-state index in [4.69, 9.17) is 0 Å². The maximum Gasteiger partial charge on any atom is 0.226 e. The minimum absolute atomic E-state index is 0.279. The number of benzene rings is 1. The van der Waals surface area contributed by atoms with Crippen LogP contribution in [0.3, 0.4) is 0 Å². The van der Waals surface area contributed by atoms with E-state index in [1.54, 1.807) is 0 Å². The summed E-state index contributed by atoms with van der Waals surface area (Å²) < 4.78 is 0. The Bertz CT molecular complexity index is 436. The lowest BCUT2D eigenvalue weighted by Gasteiger charge is -2.32. The minimum Gasteiger partial charge on any atom is -0.342 e. The molecule has 110 valence electrons. The van der Waals surface area contributed by atoms with E-state index in [9.17, 15) is 4.79 Å². The van der Waals surface area contributed by atoms with Crippen molar-refractivity contribution in [3.05, 3.63) is 35.4 Å². The standard InChI is InChI=1S/C17H26N2O/c1-3-18-13-15-8-10-19(11-9-15)17(20)12-16-7-5-4-6-14(16)2/h4-7,15,18H,3,8-13H2,1-2H3.